The Bertz CT molecular complexity index is 195. The maximum absolute atomic E-state index is 5.99. The van der Waals surface area contributed by atoms with Crippen LogP contribution < -0.4 is 0 Å². The van der Waals surface area contributed by atoms with Gasteiger partial charge in [0.1, 0.15) is 0 Å². The molecule has 4 unspecified atom stereocenters. The van der Waals surface area contributed by atoms with Gasteiger partial charge in [-0.2, -0.15) is 0 Å². The minimum Gasteiger partial charge on any atom is -0.375 e. The number of hydrogen-bond acceptors (Lipinski definition) is 1. The molecule has 1 saturated heterocycles. The highest BCUT2D eigenvalue weighted by Gasteiger charge is 2.40. The second-order valence-corrected chi connectivity index (χ2v) is 5.78. The number of hydrogen-bond donors (Lipinski definition) is 0. The molecule has 0 spiro atoms. The largest absolute Gasteiger partial charge is 0.375 e. The zero-order valence-electron chi connectivity index (χ0n) is 10.1. The fraction of sp³-hybridized carbons (Fsp3) is 1.00. The summed E-state index contributed by atoms with van der Waals surface area (Å²) in [4.78, 5) is 0. The average molecular weight is 216 g/mol. The Labute approximate surface area is 91.2 Å². The Balaban J connectivity index is 2.82. The third-order valence-corrected chi connectivity index (χ3v) is 5.07. The third-order valence-electron chi connectivity index (χ3n) is 4.21. The normalized spacial score (nSPS) is 44.8. The molecule has 0 saturated carbocycles. The van der Waals surface area contributed by atoms with Crippen LogP contribution in [0.1, 0.15) is 47.0 Å². The minimum atomic E-state index is 0.0835. The van der Waals surface area contributed by atoms with E-state index >= 15 is 0 Å². The van der Waals surface area contributed by atoms with Crippen molar-refractivity contribution in [1.29, 1.82) is 0 Å². The van der Waals surface area contributed by atoms with Crippen LogP contribution >= 0.6 is 9.24 Å². The summed E-state index contributed by atoms with van der Waals surface area (Å²) in [5.74, 6) is 0.783. The SMILES string of the molecule is CCC1(C)CC(C)(CP)OCCC1C. The van der Waals surface area contributed by atoms with Crippen LogP contribution in [0.25, 0.3) is 0 Å². The van der Waals surface area contributed by atoms with E-state index in [0.29, 0.717) is 5.41 Å². The van der Waals surface area contributed by atoms with Gasteiger partial charge in [0.15, 0.2) is 0 Å². The summed E-state index contributed by atoms with van der Waals surface area (Å²) in [6.45, 7) is 10.3. The van der Waals surface area contributed by atoms with Gasteiger partial charge < -0.3 is 4.74 Å². The lowest BCUT2D eigenvalue weighted by Gasteiger charge is -2.38. The summed E-state index contributed by atoms with van der Waals surface area (Å²) in [6.07, 6.45) is 4.72. The zero-order chi connectivity index (χ0) is 10.8. The van der Waals surface area contributed by atoms with E-state index in [2.05, 4.69) is 36.9 Å². The van der Waals surface area contributed by atoms with Gasteiger partial charge in [0.25, 0.3) is 0 Å². The molecule has 0 aromatic rings. The first-order valence-electron chi connectivity index (χ1n) is 5.80. The van der Waals surface area contributed by atoms with Crippen molar-refractivity contribution in [2.45, 2.75) is 52.6 Å². The van der Waals surface area contributed by atoms with E-state index in [9.17, 15) is 0 Å². The second kappa shape index (κ2) is 4.49. The van der Waals surface area contributed by atoms with Crippen LogP contribution in [0.3, 0.4) is 0 Å². The van der Waals surface area contributed by atoms with Gasteiger partial charge in [-0.25, -0.2) is 0 Å². The molecular formula is C12H25OP. The molecule has 0 aliphatic carbocycles. The summed E-state index contributed by atoms with van der Waals surface area (Å²) in [5, 5.41) is 0. The minimum absolute atomic E-state index is 0.0835. The summed E-state index contributed by atoms with van der Waals surface area (Å²) >= 11 is 0. The van der Waals surface area contributed by atoms with Crippen molar-refractivity contribution in [1.82, 2.24) is 0 Å². The molecule has 1 rings (SSSR count). The Morgan fingerprint density at radius 1 is 1.43 bits per heavy atom. The highest BCUT2D eigenvalue weighted by molar-refractivity contribution is 7.16. The smallest absolute Gasteiger partial charge is 0.0694 e. The van der Waals surface area contributed by atoms with E-state index in [1.54, 1.807) is 0 Å². The predicted octanol–water partition coefficient (Wildman–Crippen LogP) is 3.48. The van der Waals surface area contributed by atoms with Gasteiger partial charge in [-0.3, -0.25) is 0 Å². The molecule has 1 nitrogen and oxygen atoms in total. The number of ether oxygens (including phenoxy) is 1. The van der Waals surface area contributed by atoms with Crippen molar-refractivity contribution in [2.24, 2.45) is 11.3 Å². The lowest BCUT2D eigenvalue weighted by atomic mass is 9.69. The highest BCUT2D eigenvalue weighted by atomic mass is 31.0. The topological polar surface area (TPSA) is 9.23 Å². The quantitative estimate of drug-likeness (QED) is 0.642. The molecule has 0 radical (unpaired) electrons. The fourth-order valence-electron chi connectivity index (χ4n) is 2.51. The van der Waals surface area contributed by atoms with Gasteiger partial charge in [0.05, 0.1) is 5.60 Å². The zero-order valence-corrected chi connectivity index (χ0v) is 11.3. The lowest BCUT2D eigenvalue weighted by molar-refractivity contribution is -0.0249. The van der Waals surface area contributed by atoms with Gasteiger partial charge in [0, 0.05) is 6.61 Å². The van der Waals surface area contributed by atoms with E-state index in [1.165, 1.54) is 19.3 Å². The van der Waals surface area contributed by atoms with Gasteiger partial charge >= 0.3 is 0 Å². The van der Waals surface area contributed by atoms with Gasteiger partial charge in [-0.15, -0.1) is 9.24 Å². The van der Waals surface area contributed by atoms with Gasteiger partial charge in [0.2, 0.25) is 0 Å². The maximum Gasteiger partial charge on any atom is 0.0694 e. The number of rotatable bonds is 2. The lowest BCUT2D eigenvalue weighted by Crippen LogP contribution is -2.36. The fourth-order valence-corrected chi connectivity index (χ4v) is 2.78. The van der Waals surface area contributed by atoms with Crippen LogP contribution in [0.5, 0.6) is 0 Å². The molecule has 2 heteroatoms. The third kappa shape index (κ3) is 2.49. The first-order chi connectivity index (χ1) is 6.46. The molecule has 0 N–H and O–H groups in total. The summed E-state index contributed by atoms with van der Waals surface area (Å²) in [5.41, 5.74) is 0.544. The highest BCUT2D eigenvalue weighted by Crippen LogP contribution is 2.44. The first-order valence-corrected chi connectivity index (χ1v) is 6.61. The van der Waals surface area contributed by atoms with Gasteiger partial charge in [-0.05, 0) is 37.3 Å². The van der Waals surface area contributed by atoms with E-state index < -0.39 is 0 Å². The molecule has 0 aromatic heterocycles. The molecule has 14 heavy (non-hydrogen) atoms. The monoisotopic (exact) mass is 216 g/mol. The summed E-state index contributed by atoms with van der Waals surface area (Å²) < 4.78 is 5.99. The van der Waals surface area contributed by atoms with Crippen molar-refractivity contribution >= 4 is 9.24 Å². The van der Waals surface area contributed by atoms with Crippen LogP contribution in [-0.4, -0.2) is 18.4 Å². The molecule has 84 valence electrons. The molecule has 1 aliphatic rings. The summed E-state index contributed by atoms with van der Waals surface area (Å²) in [7, 11) is 2.84. The van der Waals surface area contributed by atoms with E-state index in [-0.39, 0.29) is 5.60 Å². The molecule has 1 aliphatic heterocycles. The van der Waals surface area contributed by atoms with Crippen molar-refractivity contribution < 1.29 is 4.74 Å². The second-order valence-electron chi connectivity index (χ2n) is 5.38. The van der Waals surface area contributed by atoms with Crippen LogP contribution in [-0.2, 0) is 4.74 Å². The van der Waals surface area contributed by atoms with E-state index in [4.69, 9.17) is 4.74 Å². The van der Waals surface area contributed by atoms with Crippen LogP contribution in [0.4, 0.5) is 0 Å². The Hall–Kier alpha value is 0.390. The van der Waals surface area contributed by atoms with E-state index in [0.717, 1.165) is 18.7 Å². The van der Waals surface area contributed by atoms with Crippen molar-refractivity contribution in [3.63, 3.8) is 0 Å². The average Bonchev–Trinajstić information content (AvgIpc) is 2.27. The van der Waals surface area contributed by atoms with Crippen molar-refractivity contribution in [3.8, 4) is 0 Å². The van der Waals surface area contributed by atoms with Crippen LogP contribution in [0.2, 0.25) is 0 Å². The van der Waals surface area contributed by atoms with Crippen molar-refractivity contribution in [2.75, 3.05) is 12.8 Å². The van der Waals surface area contributed by atoms with Crippen LogP contribution in [0.15, 0.2) is 0 Å². The molecule has 4 atom stereocenters. The molecule has 0 aromatic carbocycles. The molecule has 1 heterocycles. The molecular weight excluding hydrogens is 191 g/mol. The molecule has 0 bridgehead atoms. The van der Waals surface area contributed by atoms with Crippen molar-refractivity contribution in [3.05, 3.63) is 0 Å². The predicted molar refractivity (Wildman–Crippen MR) is 65.7 cm³/mol. The maximum atomic E-state index is 5.99. The Morgan fingerprint density at radius 3 is 2.57 bits per heavy atom. The first kappa shape index (κ1) is 12.5. The molecule has 0 amide bonds. The van der Waals surface area contributed by atoms with E-state index in [1.807, 2.05) is 0 Å². The summed E-state index contributed by atoms with van der Waals surface area (Å²) in [6, 6.07) is 0. The standard InChI is InChI=1S/C12H25OP/c1-5-11(3)8-12(4,9-14)13-7-6-10(11)2/h10H,5-9,14H2,1-4H3. The molecule has 1 fully saturated rings. The van der Waals surface area contributed by atoms with Crippen LogP contribution in [0, 0.1) is 11.3 Å². The van der Waals surface area contributed by atoms with Gasteiger partial charge in [-0.1, -0.05) is 27.2 Å². The Morgan fingerprint density at radius 2 is 2.07 bits per heavy atom. The Kier molecular flexibility index (Phi) is 4.00.